The molecule has 17 heteroatoms. The fraction of sp³-hybridized carbons (Fsp3) is 0.433. The minimum Gasteiger partial charge on any atom is -0.480 e. The molecule has 0 heterocycles. The second-order valence-electron chi connectivity index (χ2n) is 10.8. The van der Waals surface area contributed by atoms with Gasteiger partial charge in [-0.05, 0) is 48.4 Å². The molecule has 2 aromatic carbocycles. The summed E-state index contributed by atoms with van der Waals surface area (Å²) in [5.74, 6) is -2.43. The number of benzene rings is 2. The van der Waals surface area contributed by atoms with E-state index in [-0.39, 0.29) is 50.0 Å². The van der Waals surface area contributed by atoms with Gasteiger partial charge in [-0.2, -0.15) is 0 Å². The molecule has 16 nitrogen and oxygen atoms in total. The maximum Gasteiger partial charge on any atom is 0.415 e. The lowest BCUT2D eigenvalue weighted by molar-refractivity contribution is -0.139. The van der Waals surface area contributed by atoms with Gasteiger partial charge >= 0.3 is 18.2 Å². The summed E-state index contributed by atoms with van der Waals surface area (Å²) in [6.07, 6.45) is -1.54. The minimum atomic E-state index is -2.11. The van der Waals surface area contributed by atoms with E-state index in [1.165, 1.54) is 28.8 Å². The quantitative estimate of drug-likeness (QED) is 0.124. The maximum atomic E-state index is 12.5. The van der Waals surface area contributed by atoms with E-state index in [9.17, 15) is 34.0 Å². The van der Waals surface area contributed by atoms with Crippen molar-refractivity contribution in [2.45, 2.75) is 45.5 Å². The normalized spacial score (nSPS) is 12.9. The Morgan fingerprint density at radius 1 is 0.936 bits per heavy atom. The van der Waals surface area contributed by atoms with E-state index in [1.807, 2.05) is 0 Å². The summed E-state index contributed by atoms with van der Waals surface area (Å²) in [5.41, 5.74) is 12.6. The highest BCUT2D eigenvalue weighted by Crippen LogP contribution is 2.34. The molecule has 0 aliphatic carbocycles. The van der Waals surface area contributed by atoms with Crippen LogP contribution in [0.3, 0.4) is 0 Å². The Morgan fingerprint density at radius 3 is 2.11 bits per heavy atom. The number of rotatable bonds is 18. The van der Waals surface area contributed by atoms with Crippen LogP contribution in [0, 0.1) is 5.92 Å². The Kier molecular flexibility index (Phi) is 16.0. The lowest BCUT2D eigenvalue weighted by Gasteiger charge is -2.25. The third-order valence-corrected chi connectivity index (χ3v) is 7.97. The summed E-state index contributed by atoms with van der Waals surface area (Å²) < 4.78 is 17.3. The van der Waals surface area contributed by atoms with Gasteiger partial charge in [0.15, 0.2) is 0 Å². The van der Waals surface area contributed by atoms with E-state index < -0.39 is 50.6 Å². The molecule has 0 aliphatic heterocycles. The number of likely N-dealkylation sites (N-methyl/N-ethyl adjacent to an activating group) is 2. The summed E-state index contributed by atoms with van der Waals surface area (Å²) >= 11 is 0. The van der Waals surface area contributed by atoms with E-state index in [1.54, 1.807) is 57.3 Å². The first-order valence-electron chi connectivity index (χ1n) is 14.6. The molecule has 3 atom stereocenters. The number of primary amides is 1. The summed E-state index contributed by atoms with van der Waals surface area (Å²) in [4.78, 5) is 71.7. The van der Waals surface area contributed by atoms with Gasteiger partial charge in [0.1, 0.15) is 24.4 Å². The van der Waals surface area contributed by atoms with Crippen molar-refractivity contribution >= 4 is 38.5 Å². The topological polar surface area (TPSA) is 236 Å². The Hall–Kier alpha value is -4.34. The standard InChI is InChI=1S/C30H43N6O10P/c1-19(2)25(26(32)37)34-29(41)44-18-21-7-11-23(12-8-21)46-30(42)35(3)14-15-36(4)47(43)45-16-13-24(28(39)40)33-27(38)22-9-5-20(17-31)6-10-22/h5-12,19,24-25,43H,13-18,31H2,1-4H3,(H2,32,37)(H,33,38)(H,34,41)(H,39,40). The number of amides is 4. The maximum absolute atomic E-state index is 12.5. The van der Waals surface area contributed by atoms with E-state index in [2.05, 4.69) is 10.6 Å². The van der Waals surface area contributed by atoms with Crippen molar-refractivity contribution in [2.24, 2.45) is 17.4 Å². The highest BCUT2D eigenvalue weighted by molar-refractivity contribution is 7.43. The second kappa shape index (κ2) is 19.4. The van der Waals surface area contributed by atoms with Crippen molar-refractivity contribution in [3.63, 3.8) is 0 Å². The zero-order valence-corrected chi connectivity index (χ0v) is 27.6. The molecule has 8 N–H and O–H groups in total. The number of nitrogens with two attached hydrogens (primary N) is 2. The van der Waals surface area contributed by atoms with Crippen LogP contribution < -0.4 is 26.8 Å². The minimum absolute atomic E-state index is 0.0856. The average Bonchev–Trinajstić information content (AvgIpc) is 3.04. The van der Waals surface area contributed by atoms with E-state index in [0.717, 1.165) is 5.56 Å². The molecule has 47 heavy (non-hydrogen) atoms. The fourth-order valence-electron chi connectivity index (χ4n) is 3.83. The SMILES string of the molecule is CC(C)C(NC(=O)OCc1ccc(OC(=O)N(C)CCN(C)P(O)OCCC(NC(=O)c2ccc(CN)cc2)C(=O)O)cc1)C(N)=O. The van der Waals surface area contributed by atoms with Crippen molar-refractivity contribution in [3.8, 4) is 5.75 Å². The molecular weight excluding hydrogens is 635 g/mol. The molecular formula is C30H43N6O10P. The van der Waals surface area contributed by atoms with Crippen LogP contribution in [-0.4, -0.2) is 95.4 Å². The Bertz CT molecular complexity index is 1350. The fourth-order valence-corrected chi connectivity index (χ4v) is 4.56. The van der Waals surface area contributed by atoms with Crippen molar-refractivity contribution in [1.82, 2.24) is 20.2 Å². The molecule has 0 aliphatic rings. The summed E-state index contributed by atoms with van der Waals surface area (Å²) in [7, 11) is 0.976. The number of ether oxygens (including phenoxy) is 2. The first kappa shape index (κ1) is 38.8. The van der Waals surface area contributed by atoms with Crippen LogP contribution >= 0.6 is 8.53 Å². The first-order valence-corrected chi connectivity index (χ1v) is 15.8. The number of hydrogen-bond acceptors (Lipinski definition) is 11. The van der Waals surface area contributed by atoms with Crippen molar-refractivity contribution in [2.75, 3.05) is 33.8 Å². The molecule has 2 rings (SSSR count). The monoisotopic (exact) mass is 678 g/mol. The van der Waals surface area contributed by atoms with Crippen LogP contribution in [0.4, 0.5) is 9.59 Å². The van der Waals surface area contributed by atoms with Gasteiger partial charge in [-0.15, -0.1) is 0 Å². The summed E-state index contributed by atoms with van der Waals surface area (Å²) in [5, 5.41) is 14.4. The van der Waals surface area contributed by atoms with Gasteiger partial charge in [0.05, 0.1) is 6.61 Å². The number of carbonyl (C=O) groups excluding carboxylic acids is 4. The number of carboxylic acid groups (broad SMARTS) is 1. The van der Waals surface area contributed by atoms with Crippen LogP contribution in [0.25, 0.3) is 0 Å². The lowest BCUT2D eigenvalue weighted by Crippen LogP contribution is -2.47. The molecule has 0 fully saturated rings. The van der Waals surface area contributed by atoms with Gasteiger partial charge in [0, 0.05) is 38.7 Å². The smallest absolute Gasteiger partial charge is 0.415 e. The predicted molar refractivity (Wildman–Crippen MR) is 172 cm³/mol. The Labute approximate surface area is 274 Å². The lowest BCUT2D eigenvalue weighted by atomic mass is 10.0. The zero-order chi connectivity index (χ0) is 35.1. The van der Waals surface area contributed by atoms with E-state index in [4.69, 9.17) is 25.5 Å². The summed E-state index contributed by atoms with van der Waals surface area (Å²) in [6.45, 7) is 3.93. The van der Waals surface area contributed by atoms with Gasteiger partial charge in [-0.25, -0.2) is 19.1 Å². The molecule has 2 aromatic rings. The van der Waals surface area contributed by atoms with Gasteiger partial charge in [0.2, 0.25) is 5.91 Å². The molecule has 0 saturated heterocycles. The average molecular weight is 679 g/mol. The Morgan fingerprint density at radius 2 is 1.55 bits per heavy atom. The number of carbonyl (C=O) groups is 5. The molecule has 0 radical (unpaired) electrons. The number of hydrogen-bond donors (Lipinski definition) is 6. The van der Waals surface area contributed by atoms with Crippen molar-refractivity contribution in [1.29, 1.82) is 0 Å². The van der Waals surface area contributed by atoms with Gasteiger partial charge in [0.25, 0.3) is 14.4 Å². The van der Waals surface area contributed by atoms with Crippen LogP contribution in [0.15, 0.2) is 48.5 Å². The molecule has 0 bridgehead atoms. The molecule has 0 aromatic heterocycles. The third-order valence-electron chi connectivity index (χ3n) is 6.78. The van der Waals surface area contributed by atoms with Crippen LogP contribution in [0.1, 0.15) is 41.8 Å². The molecule has 258 valence electrons. The number of alkyl carbamates (subject to hydrolysis) is 1. The molecule has 0 saturated carbocycles. The van der Waals surface area contributed by atoms with E-state index in [0.29, 0.717) is 12.1 Å². The highest BCUT2D eigenvalue weighted by atomic mass is 31.2. The van der Waals surface area contributed by atoms with E-state index >= 15 is 0 Å². The summed E-state index contributed by atoms with van der Waals surface area (Å²) in [6, 6.07) is 10.6. The second-order valence-corrected chi connectivity index (χ2v) is 12.2. The van der Waals surface area contributed by atoms with Crippen molar-refractivity contribution < 1.29 is 48.0 Å². The van der Waals surface area contributed by atoms with Gasteiger partial charge in [-0.1, -0.05) is 38.1 Å². The van der Waals surface area contributed by atoms with Crippen LogP contribution in [0.5, 0.6) is 5.75 Å². The third kappa shape index (κ3) is 13.5. The van der Waals surface area contributed by atoms with Gasteiger partial charge in [-0.3, -0.25) is 9.59 Å². The highest BCUT2D eigenvalue weighted by Gasteiger charge is 2.24. The molecule has 3 unspecified atom stereocenters. The first-order chi connectivity index (χ1) is 22.2. The predicted octanol–water partition coefficient (Wildman–Crippen LogP) is 1.75. The molecule has 0 spiro atoms. The van der Waals surface area contributed by atoms with Crippen LogP contribution in [0.2, 0.25) is 0 Å². The number of nitrogens with one attached hydrogen (secondary N) is 2. The molecule has 4 amide bonds. The van der Waals surface area contributed by atoms with Crippen LogP contribution in [-0.2, 0) is 32.0 Å². The Balaban J connectivity index is 1.73. The largest absolute Gasteiger partial charge is 0.480 e. The number of carboxylic acids is 1. The number of nitrogens with zero attached hydrogens (tertiary/aromatic N) is 2. The number of aliphatic carboxylic acids is 1. The zero-order valence-electron chi connectivity index (χ0n) is 26.8. The van der Waals surface area contributed by atoms with Gasteiger partial charge < -0.3 is 51.0 Å². The van der Waals surface area contributed by atoms with Crippen molar-refractivity contribution in [3.05, 3.63) is 65.2 Å².